The van der Waals surface area contributed by atoms with E-state index in [4.69, 9.17) is 0 Å². The highest BCUT2D eigenvalue weighted by atomic mass is 16.1. The van der Waals surface area contributed by atoms with Crippen LogP contribution in [0.4, 0.5) is 0 Å². The molecule has 0 radical (unpaired) electrons. The molecule has 1 saturated heterocycles. The number of hydrogen-bond donors (Lipinski definition) is 1. The fourth-order valence-corrected chi connectivity index (χ4v) is 1.74. The standard InChI is InChI=1S/C9H13N3O/c13-9-7-11-5-6-12(9)8-1-3-10-4-2-8/h5-8,10H,1-4H2. The van der Waals surface area contributed by atoms with Crippen LogP contribution in [-0.4, -0.2) is 22.6 Å². The molecule has 1 N–H and O–H groups in total. The predicted octanol–water partition coefficient (Wildman–Crippen LogP) is 0.168. The zero-order chi connectivity index (χ0) is 9.10. The number of nitrogens with zero attached hydrogens (tertiary/aromatic N) is 2. The number of hydrogen-bond acceptors (Lipinski definition) is 3. The Morgan fingerprint density at radius 2 is 2.23 bits per heavy atom. The molecular weight excluding hydrogens is 166 g/mol. The van der Waals surface area contributed by atoms with Crippen LogP contribution in [0, 0.1) is 0 Å². The Labute approximate surface area is 76.6 Å². The lowest BCUT2D eigenvalue weighted by atomic mass is 10.1. The first-order valence-corrected chi connectivity index (χ1v) is 4.61. The van der Waals surface area contributed by atoms with E-state index in [0.717, 1.165) is 25.9 Å². The smallest absolute Gasteiger partial charge is 0.269 e. The van der Waals surface area contributed by atoms with Crippen LogP contribution in [0.2, 0.25) is 0 Å². The van der Waals surface area contributed by atoms with Crippen LogP contribution >= 0.6 is 0 Å². The summed E-state index contributed by atoms with van der Waals surface area (Å²) in [5.74, 6) is 0. The molecule has 4 heteroatoms. The summed E-state index contributed by atoms with van der Waals surface area (Å²) in [6.45, 7) is 2.00. The lowest BCUT2D eigenvalue weighted by molar-refractivity contribution is 0.360. The third-order valence-electron chi connectivity index (χ3n) is 2.45. The molecule has 2 heterocycles. The Hall–Kier alpha value is -1.16. The molecule has 4 nitrogen and oxygen atoms in total. The van der Waals surface area contributed by atoms with Crippen LogP contribution in [0.5, 0.6) is 0 Å². The molecule has 0 saturated carbocycles. The molecule has 1 aliphatic rings. The molecule has 0 bridgehead atoms. The summed E-state index contributed by atoms with van der Waals surface area (Å²) >= 11 is 0. The Bertz CT molecular complexity index is 328. The molecule has 13 heavy (non-hydrogen) atoms. The fourth-order valence-electron chi connectivity index (χ4n) is 1.74. The monoisotopic (exact) mass is 179 g/mol. The van der Waals surface area contributed by atoms with E-state index in [0.29, 0.717) is 6.04 Å². The van der Waals surface area contributed by atoms with Crippen molar-refractivity contribution >= 4 is 0 Å². The van der Waals surface area contributed by atoms with Crippen LogP contribution in [-0.2, 0) is 0 Å². The van der Waals surface area contributed by atoms with Crippen LogP contribution in [0.1, 0.15) is 18.9 Å². The minimum absolute atomic E-state index is 0.00870. The largest absolute Gasteiger partial charge is 0.317 e. The van der Waals surface area contributed by atoms with E-state index in [1.54, 1.807) is 17.0 Å². The van der Waals surface area contributed by atoms with E-state index in [1.165, 1.54) is 6.20 Å². The van der Waals surface area contributed by atoms with Crippen molar-refractivity contribution < 1.29 is 0 Å². The molecule has 0 spiro atoms. The molecule has 1 aromatic rings. The van der Waals surface area contributed by atoms with Gasteiger partial charge in [-0.25, -0.2) is 0 Å². The first-order valence-electron chi connectivity index (χ1n) is 4.61. The average Bonchev–Trinajstić information content (AvgIpc) is 2.20. The van der Waals surface area contributed by atoms with Gasteiger partial charge in [-0.15, -0.1) is 0 Å². The second-order valence-electron chi connectivity index (χ2n) is 3.30. The van der Waals surface area contributed by atoms with E-state index in [-0.39, 0.29) is 5.56 Å². The first kappa shape index (κ1) is 8.44. The zero-order valence-corrected chi connectivity index (χ0v) is 7.44. The molecule has 1 fully saturated rings. The van der Waals surface area contributed by atoms with Crippen molar-refractivity contribution in [3.63, 3.8) is 0 Å². The SMILES string of the molecule is O=c1cnccn1C1CCNCC1. The predicted molar refractivity (Wildman–Crippen MR) is 49.6 cm³/mol. The van der Waals surface area contributed by atoms with Crippen LogP contribution in [0.3, 0.4) is 0 Å². The van der Waals surface area contributed by atoms with Gasteiger partial charge in [0.05, 0.1) is 6.20 Å². The Morgan fingerprint density at radius 3 is 2.92 bits per heavy atom. The van der Waals surface area contributed by atoms with Crippen molar-refractivity contribution in [2.24, 2.45) is 0 Å². The third-order valence-corrected chi connectivity index (χ3v) is 2.45. The highest BCUT2D eigenvalue weighted by Crippen LogP contribution is 2.15. The quantitative estimate of drug-likeness (QED) is 0.668. The maximum Gasteiger partial charge on any atom is 0.269 e. The molecule has 1 aliphatic heterocycles. The maximum atomic E-state index is 11.4. The van der Waals surface area contributed by atoms with E-state index >= 15 is 0 Å². The molecule has 2 rings (SSSR count). The zero-order valence-electron chi connectivity index (χ0n) is 7.44. The Kier molecular flexibility index (Phi) is 2.40. The van der Waals surface area contributed by atoms with Gasteiger partial charge in [0.15, 0.2) is 0 Å². The number of rotatable bonds is 1. The second-order valence-corrected chi connectivity index (χ2v) is 3.30. The molecule has 0 aliphatic carbocycles. The lowest BCUT2D eigenvalue weighted by Gasteiger charge is -2.24. The van der Waals surface area contributed by atoms with Gasteiger partial charge in [0, 0.05) is 18.4 Å². The minimum atomic E-state index is 0.00870. The summed E-state index contributed by atoms with van der Waals surface area (Å²) in [4.78, 5) is 15.2. The van der Waals surface area contributed by atoms with E-state index in [1.807, 2.05) is 0 Å². The van der Waals surface area contributed by atoms with E-state index < -0.39 is 0 Å². The van der Waals surface area contributed by atoms with Gasteiger partial charge >= 0.3 is 0 Å². The summed E-state index contributed by atoms with van der Waals surface area (Å²) < 4.78 is 1.79. The maximum absolute atomic E-state index is 11.4. The molecule has 0 aromatic carbocycles. The normalized spacial score (nSPS) is 18.8. The van der Waals surface area contributed by atoms with Crippen LogP contribution in [0.15, 0.2) is 23.4 Å². The molecule has 70 valence electrons. The Morgan fingerprint density at radius 1 is 1.46 bits per heavy atom. The lowest BCUT2D eigenvalue weighted by Crippen LogP contribution is -2.33. The summed E-state index contributed by atoms with van der Waals surface area (Å²) in [6.07, 6.45) is 6.89. The van der Waals surface area contributed by atoms with E-state index in [9.17, 15) is 4.79 Å². The average molecular weight is 179 g/mol. The molecule has 0 atom stereocenters. The summed E-state index contributed by atoms with van der Waals surface area (Å²) in [6, 6.07) is 0.358. The summed E-state index contributed by atoms with van der Waals surface area (Å²) in [7, 11) is 0. The van der Waals surface area contributed by atoms with Gasteiger partial charge in [-0.2, -0.15) is 0 Å². The molecule has 0 amide bonds. The summed E-state index contributed by atoms with van der Waals surface area (Å²) in [5.41, 5.74) is 0.00870. The highest BCUT2D eigenvalue weighted by molar-refractivity contribution is 4.86. The number of nitrogens with one attached hydrogen (secondary N) is 1. The van der Waals surface area contributed by atoms with Gasteiger partial charge in [-0.3, -0.25) is 9.78 Å². The highest BCUT2D eigenvalue weighted by Gasteiger charge is 2.14. The van der Waals surface area contributed by atoms with Crippen molar-refractivity contribution in [1.29, 1.82) is 0 Å². The van der Waals surface area contributed by atoms with Crippen molar-refractivity contribution in [3.8, 4) is 0 Å². The second kappa shape index (κ2) is 3.70. The van der Waals surface area contributed by atoms with Gasteiger partial charge in [-0.05, 0) is 25.9 Å². The van der Waals surface area contributed by atoms with Gasteiger partial charge in [0.25, 0.3) is 5.56 Å². The van der Waals surface area contributed by atoms with E-state index in [2.05, 4.69) is 10.3 Å². The van der Waals surface area contributed by atoms with Gasteiger partial charge in [0.2, 0.25) is 0 Å². The minimum Gasteiger partial charge on any atom is -0.317 e. The molecule has 1 aromatic heterocycles. The van der Waals surface area contributed by atoms with Crippen molar-refractivity contribution in [2.45, 2.75) is 18.9 Å². The Balaban J connectivity index is 2.24. The van der Waals surface area contributed by atoms with Crippen molar-refractivity contribution in [2.75, 3.05) is 13.1 Å². The van der Waals surface area contributed by atoms with Gasteiger partial charge < -0.3 is 9.88 Å². The third kappa shape index (κ3) is 1.78. The fraction of sp³-hybridized carbons (Fsp3) is 0.556. The van der Waals surface area contributed by atoms with Gasteiger partial charge in [-0.1, -0.05) is 0 Å². The topological polar surface area (TPSA) is 46.9 Å². The number of aromatic nitrogens is 2. The summed E-state index contributed by atoms with van der Waals surface area (Å²) in [5, 5.41) is 3.27. The van der Waals surface area contributed by atoms with Crippen LogP contribution < -0.4 is 10.9 Å². The van der Waals surface area contributed by atoms with Gasteiger partial charge in [0.1, 0.15) is 0 Å². The molecule has 0 unspecified atom stereocenters. The number of piperidine rings is 1. The van der Waals surface area contributed by atoms with Crippen molar-refractivity contribution in [1.82, 2.24) is 14.9 Å². The van der Waals surface area contributed by atoms with Crippen molar-refractivity contribution in [3.05, 3.63) is 28.9 Å². The first-order chi connectivity index (χ1) is 6.38. The van der Waals surface area contributed by atoms with Crippen LogP contribution in [0.25, 0.3) is 0 Å². The molecular formula is C9H13N3O.